The number of carbonyl (C=O) groups is 1. The van der Waals surface area contributed by atoms with Crippen LogP contribution in [0, 0.1) is 11.8 Å². The summed E-state index contributed by atoms with van der Waals surface area (Å²) in [5.74, 6) is 1.18. The van der Waals surface area contributed by atoms with Crippen LogP contribution in [0.4, 0.5) is 0 Å². The summed E-state index contributed by atoms with van der Waals surface area (Å²) in [7, 11) is 0. The lowest BCUT2D eigenvalue weighted by Crippen LogP contribution is -2.28. The molecule has 1 unspecified atom stereocenters. The van der Waals surface area contributed by atoms with Crippen molar-refractivity contribution in [1.82, 2.24) is 4.90 Å². The molecule has 0 spiro atoms. The first-order chi connectivity index (χ1) is 5.16. The molecule has 0 aromatic rings. The fourth-order valence-corrected chi connectivity index (χ4v) is 1.70. The molecule has 0 aromatic carbocycles. The smallest absolute Gasteiger partial charge is 0.225 e. The second-order valence-electron chi connectivity index (χ2n) is 3.56. The predicted molar refractivity (Wildman–Crippen MR) is 45.2 cm³/mol. The minimum Gasteiger partial charge on any atom is -0.343 e. The minimum atomic E-state index is 0.301. The van der Waals surface area contributed by atoms with E-state index in [2.05, 4.69) is 13.8 Å². The molecule has 0 N–H and O–H groups in total. The Bertz CT molecular complexity index is 154. The zero-order valence-corrected chi connectivity index (χ0v) is 7.63. The predicted octanol–water partition coefficient (Wildman–Crippen LogP) is 1.51. The van der Waals surface area contributed by atoms with E-state index in [4.69, 9.17) is 0 Å². The van der Waals surface area contributed by atoms with Gasteiger partial charge in [-0.2, -0.15) is 0 Å². The molecule has 1 aliphatic heterocycles. The van der Waals surface area contributed by atoms with Crippen molar-refractivity contribution in [2.24, 2.45) is 11.8 Å². The van der Waals surface area contributed by atoms with Crippen molar-refractivity contribution in [3.8, 4) is 0 Å². The molecule has 0 aromatic heterocycles. The molecule has 0 aliphatic carbocycles. The van der Waals surface area contributed by atoms with Gasteiger partial charge in [-0.15, -0.1) is 0 Å². The van der Waals surface area contributed by atoms with Gasteiger partial charge in [0.2, 0.25) is 5.91 Å². The fraction of sp³-hybridized carbons (Fsp3) is 0.889. The lowest BCUT2D eigenvalue weighted by atomic mass is 9.95. The Morgan fingerprint density at radius 1 is 1.64 bits per heavy atom. The van der Waals surface area contributed by atoms with E-state index in [1.54, 1.807) is 0 Å². The standard InChI is InChI=1S/C9H17NO/c1-4-10-6-5-8(7(2)3)9(10)11/h7-8H,4-6H2,1-3H3. The Hall–Kier alpha value is -0.530. The number of nitrogens with zero attached hydrogens (tertiary/aromatic N) is 1. The summed E-state index contributed by atoms with van der Waals surface area (Å²) in [6, 6.07) is 0. The Morgan fingerprint density at radius 3 is 2.55 bits per heavy atom. The number of likely N-dealkylation sites (tertiary alicyclic amines) is 1. The quantitative estimate of drug-likeness (QED) is 0.592. The number of hydrogen-bond acceptors (Lipinski definition) is 1. The Kier molecular flexibility index (Phi) is 2.53. The monoisotopic (exact) mass is 155 g/mol. The van der Waals surface area contributed by atoms with Gasteiger partial charge in [0.05, 0.1) is 0 Å². The Morgan fingerprint density at radius 2 is 2.27 bits per heavy atom. The van der Waals surface area contributed by atoms with Crippen LogP contribution in [0.1, 0.15) is 27.2 Å². The van der Waals surface area contributed by atoms with Gasteiger partial charge in [0.25, 0.3) is 0 Å². The van der Waals surface area contributed by atoms with E-state index in [-0.39, 0.29) is 0 Å². The van der Waals surface area contributed by atoms with Crippen molar-refractivity contribution >= 4 is 5.91 Å². The molecular formula is C9H17NO. The Balaban J connectivity index is 2.56. The first-order valence-electron chi connectivity index (χ1n) is 4.45. The van der Waals surface area contributed by atoms with Gasteiger partial charge in [0.1, 0.15) is 0 Å². The zero-order valence-electron chi connectivity index (χ0n) is 7.63. The topological polar surface area (TPSA) is 20.3 Å². The third-order valence-electron chi connectivity index (χ3n) is 2.53. The van der Waals surface area contributed by atoms with Crippen LogP contribution in [-0.4, -0.2) is 23.9 Å². The van der Waals surface area contributed by atoms with Crippen LogP contribution >= 0.6 is 0 Å². The highest BCUT2D eigenvalue weighted by Gasteiger charge is 2.32. The molecule has 2 nitrogen and oxygen atoms in total. The van der Waals surface area contributed by atoms with Crippen LogP contribution in [0.25, 0.3) is 0 Å². The van der Waals surface area contributed by atoms with E-state index in [9.17, 15) is 4.79 Å². The molecule has 64 valence electrons. The maximum Gasteiger partial charge on any atom is 0.225 e. The zero-order chi connectivity index (χ0) is 8.43. The van der Waals surface area contributed by atoms with Crippen LogP contribution in [0.3, 0.4) is 0 Å². The molecule has 2 heteroatoms. The summed E-state index contributed by atoms with van der Waals surface area (Å²) in [6.07, 6.45) is 1.06. The van der Waals surface area contributed by atoms with Crippen LogP contribution in [0.2, 0.25) is 0 Å². The molecule has 1 saturated heterocycles. The SMILES string of the molecule is CCN1CCC(C(C)C)C1=O. The molecule has 1 amide bonds. The number of rotatable bonds is 2. The van der Waals surface area contributed by atoms with Crippen LogP contribution in [-0.2, 0) is 4.79 Å². The summed E-state index contributed by atoms with van der Waals surface area (Å²) in [6.45, 7) is 8.14. The third-order valence-corrected chi connectivity index (χ3v) is 2.53. The van der Waals surface area contributed by atoms with Gasteiger partial charge in [-0.3, -0.25) is 4.79 Å². The summed E-state index contributed by atoms with van der Waals surface area (Å²) < 4.78 is 0. The van der Waals surface area contributed by atoms with Crippen LogP contribution < -0.4 is 0 Å². The fourth-order valence-electron chi connectivity index (χ4n) is 1.70. The second-order valence-corrected chi connectivity index (χ2v) is 3.56. The molecule has 0 radical (unpaired) electrons. The maximum absolute atomic E-state index is 11.5. The lowest BCUT2D eigenvalue weighted by molar-refractivity contribution is -0.131. The second kappa shape index (κ2) is 3.24. The average molecular weight is 155 g/mol. The van der Waals surface area contributed by atoms with Gasteiger partial charge in [-0.1, -0.05) is 13.8 Å². The number of hydrogen-bond donors (Lipinski definition) is 0. The van der Waals surface area contributed by atoms with Crippen molar-refractivity contribution < 1.29 is 4.79 Å². The summed E-state index contributed by atoms with van der Waals surface area (Å²) >= 11 is 0. The van der Waals surface area contributed by atoms with Gasteiger partial charge in [-0.25, -0.2) is 0 Å². The minimum absolute atomic E-state index is 0.301. The van der Waals surface area contributed by atoms with Crippen molar-refractivity contribution in [3.63, 3.8) is 0 Å². The third kappa shape index (κ3) is 1.55. The molecule has 1 fully saturated rings. The van der Waals surface area contributed by atoms with Crippen LogP contribution in [0.15, 0.2) is 0 Å². The van der Waals surface area contributed by atoms with Gasteiger partial charge in [-0.05, 0) is 19.3 Å². The number of amides is 1. The van der Waals surface area contributed by atoms with Gasteiger partial charge in [0, 0.05) is 19.0 Å². The summed E-state index contributed by atoms with van der Waals surface area (Å²) in [5, 5.41) is 0. The van der Waals surface area contributed by atoms with E-state index in [0.29, 0.717) is 17.7 Å². The normalized spacial score (nSPS) is 25.3. The molecule has 0 saturated carbocycles. The average Bonchev–Trinajstić information content (AvgIpc) is 2.30. The van der Waals surface area contributed by atoms with Crippen molar-refractivity contribution in [2.45, 2.75) is 27.2 Å². The van der Waals surface area contributed by atoms with Crippen LogP contribution in [0.5, 0.6) is 0 Å². The highest BCUT2D eigenvalue weighted by Crippen LogP contribution is 2.24. The van der Waals surface area contributed by atoms with E-state index < -0.39 is 0 Å². The molecule has 11 heavy (non-hydrogen) atoms. The summed E-state index contributed by atoms with van der Waals surface area (Å²) in [4.78, 5) is 13.5. The highest BCUT2D eigenvalue weighted by molar-refractivity contribution is 5.81. The van der Waals surface area contributed by atoms with E-state index >= 15 is 0 Å². The summed E-state index contributed by atoms with van der Waals surface area (Å²) in [5.41, 5.74) is 0. The first-order valence-corrected chi connectivity index (χ1v) is 4.45. The molecular weight excluding hydrogens is 138 g/mol. The van der Waals surface area contributed by atoms with Crippen molar-refractivity contribution in [2.75, 3.05) is 13.1 Å². The molecule has 1 aliphatic rings. The van der Waals surface area contributed by atoms with Gasteiger partial charge >= 0.3 is 0 Å². The first kappa shape index (κ1) is 8.57. The molecule has 1 heterocycles. The van der Waals surface area contributed by atoms with E-state index in [0.717, 1.165) is 19.5 Å². The number of carbonyl (C=O) groups excluding carboxylic acids is 1. The Labute approximate surface area is 68.6 Å². The largest absolute Gasteiger partial charge is 0.343 e. The van der Waals surface area contributed by atoms with Crippen molar-refractivity contribution in [3.05, 3.63) is 0 Å². The van der Waals surface area contributed by atoms with Crippen molar-refractivity contribution in [1.29, 1.82) is 0 Å². The van der Waals surface area contributed by atoms with E-state index in [1.165, 1.54) is 0 Å². The highest BCUT2D eigenvalue weighted by atomic mass is 16.2. The lowest BCUT2D eigenvalue weighted by Gasteiger charge is -2.15. The maximum atomic E-state index is 11.5. The molecule has 1 rings (SSSR count). The van der Waals surface area contributed by atoms with Gasteiger partial charge in [0.15, 0.2) is 0 Å². The molecule has 1 atom stereocenters. The van der Waals surface area contributed by atoms with Gasteiger partial charge < -0.3 is 4.90 Å². The molecule has 0 bridgehead atoms. The van der Waals surface area contributed by atoms with E-state index in [1.807, 2.05) is 11.8 Å².